The molecule has 0 amide bonds. The molecule has 1 N–H and O–H groups in total. The van der Waals surface area contributed by atoms with Crippen LogP contribution in [0, 0.1) is 0 Å². The van der Waals surface area contributed by atoms with E-state index in [9.17, 15) is 0 Å². The van der Waals surface area contributed by atoms with Crippen molar-refractivity contribution in [2.75, 3.05) is 36.7 Å². The molecular weight excluding hydrogens is 312 g/mol. The number of methoxy groups -OCH3 is 1. The Morgan fingerprint density at radius 1 is 1.26 bits per heavy atom. The molecule has 7 nitrogen and oxygen atoms in total. The topological polar surface area (TPSA) is 76.1 Å². The smallest absolute Gasteiger partial charge is 0.218 e. The zero-order valence-electron chi connectivity index (χ0n) is 13.3. The Hall–Kier alpha value is -2.09. The number of nitrogens with zero attached hydrogens (tertiary/aromatic N) is 5. The van der Waals surface area contributed by atoms with Crippen LogP contribution in [0.5, 0.6) is 5.88 Å². The standard InChI is InChI=1S/C15H20N6OS/c1-22-14-9-12(17-10-18-14)19-11-4-7-21(8-5-11)13-3-6-16-15(20-13)23-2/h3,6,9-11H,4-5,7-8H2,1-2H3,(H,17,18,19). The first-order valence-corrected chi connectivity index (χ1v) is 8.75. The van der Waals surface area contributed by atoms with E-state index in [2.05, 4.69) is 30.2 Å². The van der Waals surface area contributed by atoms with Gasteiger partial charge in [-0.25, -0.2) is 19.9 Å². The molecule has 0 bridgehead atoms. The molecule has 1 aliphatic rings. The van der Waals surface area contributed by atoms with Gasteiger partial charge in [0.2, 0.25) is 5.88 Å². The van der Waals surface area contributed by atoms with Gasteiger partial charge in [0.15, 0.2) is 5.16 Å². The van der Waals surface area contributed by atoms with Crippen LogP contribution in [-0.2, 0) is 0 Å². The highest BCUT2D eigenvalue weighted by atomic mass is 32.2. The maximum absolute atomic E-state index is 5.13. The fourth-order valence-corrected chi connectivity index (χ4v) is 2.95. The summed E-state index contributed by atoms with van der Waals surface area (Å²) in [6.07, 6.45) is 7.40. The average molecular weight is 332 g/mol. The number of piperidine rings is 1. The van der Waals surface area contributed by atoms with Gasteiger partial charge >= 0.3 is 0 Å². The van der Waals surface area contributed by atoms with Gasteiger partial charge in [-0.1, -0.05) is 11.8 Å². The molecule has 2 aromatic heterocycles. The first-order valence-electron chi connectivity index (χ1n) is 7.53. The lowest BCUT2D eigenvalue weighted by Gasteiger charge is -2.33. The molecule has 0 unspecified atom stereocenters. The number of nitrogens with one attached hydrogen (secondary N) is 1. The second kappa shape index (κ2) is 7.45. The summed E-state index contributed by atoms with van der Waals surface area (Å²) in [7, 11) is 1.61. The highest BCUT2D eigenvalue weighted by Gasteiger charge is 2.20. The van der Waals surface area contributed by atoms with Crippen LogP contribution in [0.25, 0.3) is 0 Å². The minimum atomic E-state index is 0.396. The minimum Gasteiger partial charge on any atom is -0.481 e. The second-order valence-corrected chi connectivity index (χ2v) is 6.03. The molecule has 0 radical (unpaired) electrons. The molecule has 3 rings (SSSR count). The van der Waals surface area contributed by atoms with Gasteiger partial charge in [-0.3, -0.25) is 0 Å². The second-order valence-electron chi connectivity index (χ2n) is 5.25. The fourth-order valence-electron chi connectivity index (χ4n) is 2.60. The van der Waals surface area contributed by atoms with E-state index in [1.54, 1.807) is 18.9 Å². The van der Waals surface area contributed by atoms with Crippen LogP contribution in [-0.4, -0.2) is 52.4 Å². The van der Waals surface area contributed by atoms with Crippen molar-refractivity contribution in [3.8, 4) is 5.88 Å². The number of rotatable bonds is 5. The van der Waals surface area contributed by atoms with Crippen LogP contribution in [0.15, 0.2) is 29.8 Å². The summed E-state index contributed by atoms with van der Waals surface area (Å²) < 4.78 is 5.13. The summed E-state index contributed by atoms with van der Waals surface area (Å²) in [5.74, 6) is 2.39. The molecule has 1 saturated heterocycles. The molecule has 0 saturated carbocycles. The highest BCUT2D eigenvalue weighted by Crippen LogP contribution is 2.22. The number of ether oxygens (including phenoxy) is 1. The summed E-state index contributed by atoms with van der Waals surface area (Å²) in [5.41, 5.74) is 0. The summed E-state index contributed by atoms with van der Waals surface area (Å²) in [6, 6.07) is 4.19. The van der Waals surface area contributed by atoms with Gasteiger partial charge in [-0.15, -0.1) is 0 Å². The van der Waals surface area contributed by atoms with E-state index in [1.807, 2.05) is 24.6 Å². The predicted molar refractivity (Wildman–Crippen MR) is 91.3 cm³/mol. The van der Waals surface area contributed by atoms with Crippen molar-refractivity contribution < 1.29 is 4.74 Å². The number of hydrogen-bond acceptors (Lipinski definition) is 8. The van der Waals surface area contributed by atoms with E-state index in [-0.39, 0.29) is 0 Å². The lowest BCUT2D eigenvalue weighted by molar-refractivity contribution is 0.397. The fraction of sp³-hybridized carbons (Fsp3) is 0.467. The van der Waals surface area contributed by atoms with Crippen LogP contribution in [0.3, 0.4) is 0 Å². The summed E-state index contributed by atoms with van der Waals surface area (Å²) >= 11 is 1.57. The Bertz CT molecular complexity index is 647. The molecule has 0 atom stereocenters. The first-order chi connectivity index (χ1) is 11.3. The quantitative estimate of drug-likeness (QED) is 0.659. The maximum atomic E-state index is 5.13. The van der Waals surface area contributed by atoms with Crippen molar-refractivity contribution in [1.82, 2.24) is 19.9 Å². The van der Waals surface area contributed by atoms with Crippen molar-refractivity contribution in [2.24, 2.45) is 0 Å². The zero-order valence-corrected chi connectivity index (χ0v) is 14.1. The third-order valence-electron chi connectivity index (χ3n) is 3.82. The Labute approximate surface area is 139 Å². The van der Waals surface area contributed by atoms with Crippen molar-refractivity contribution in [3.63, 3.8) is 0 Å². The van der Waals surface area contributed by atoms with Gasteiger partial charge in [0.25, 0.3) is 0 Å². The monoisotopic (exact) mass is 332 g/mol. The van der Waals surface area contributed by atoms with Crippen molar-refractivity contribution in [3.05, 3.63) is 24.7 Å². The van der Waals surface area contributed by atoms with E-state index in [1.165, 1.54) is 6.33 Å². The minimum absolute atomic E-state index is 0.396. The Kier molecular flexibility index (Phi) is 5.12. The summed E-state index contributed by atoms with van der Waals surface area (Å²) in [5, 5.41) is 4.27. The van der Waals surface area contributed by atoms with Crippen molar-refractivity contribution in [2.45, 2.75) is 24.0 Å². The molecule has 0 aromatic carbocycles. The average Bonchev–Trinajstić information content (AvgIpc) is 2.62. The van der Waals surface area contributed by atoms with Gasteiger partial charge in [0.05, 0.1) is 7.11 Å². The van der Waals surface area contributed by atoms with Crippen LogP contribution in [0.1, 0.15) is 12.8 Å². The maximum Gasteiger partial charge on any atom is 0.218 e. The van der Waals surface area contributed by atoms with E-state index in [4.69, 9.17) is 4.74 Å². The van der Waals surface area contributed by atoms with E-state index < -0.39 is 0 Å². The molecule has 1 fully saturated rings. The third kappa shape index (κ3) is 4.01. The SMILES string of the molecule is COc1cc(NC2CCN(c3ccnc(SC)n3)CC2)ncn1. The molecule has 122 valence electrons. The van der Waals surface area contributed by atoms with Gasteiger partial charge in [0, 0.05) is 31.4 Å². The van der Waals surface area contributed by atoms with Gasteiger partial charge < -0.3 is 15.0 Å². The first kappa shape index (κ1) is 15.8. The highest BCUT2D eigenvalue weighted by molar-refractivity contribution is 7.98. The van der Waals surface area contributed by atoms with Crippen LogP contribution < -0.4 is 15.0 Å². The Morgan fingerprint density at radius 2 is 2.09 bits per heavy atom. The van der Waals surface area contributed by atoms with Crippen molar-refractivity contribution in [1.29, 1.82) is 0 Å². The summed E-state index contributed by atoms with van der Waals surface area (Å²) in [6.45, 7) is 1.93. The molecule has 8 heteroatoms. The predicted octanol–water partition coefficient (Wildman–Crippen LogP) is 2.08. The molecule has 0 aliphatic carbocycles. The number of anilines is 2. The van der Waals surface area contributed by atoms with Crippen LogP contribution in [0.4, 0.5) is 11.6 Å². The molecule has 3 heterocycles. The van der Waals surface area contributed by atoms with E-state index in [0.717, 1.165) is 42.7 Å². The largest absolute Gasteiger partial charge is 0.481 e. The molecule has 23 heavy (non-hydrogen) atoms. The number of aromatic nitrogens is 4. The molecule has 0 spiro atoms. The number of hydrogen-bond donors (Lipinski definition) is 1. The number of thioether (sulfide) groups is 1. The lowest BCUT2D eigenvalue weighted by Crippen LogP contribution is -2.39. The van der Waals surface area contributed by atoms with Gasteiger partial charge in [-0.05, 0) is 25.2 Å². The molecule has 1 aliphatic heterocycles. The van der Waals surface area contributed by atoms with Crippen LogP contribution in [0.2, 0.25) is 0 Å². The van der Waals surface area contributed by atoms with Crippen LogP contribution >= 0.6 is 11.8 Å². The molecule has 2 aromatic rings. The Balaban J connectivity index is 1.57. The third-order valence-corrected chi connectivity index (χ3v) is 4.39. The molecular formula is C15H20N6OS. The van der Waals surface area contributed by atoms with Gasteiger partial charge in [0.1, 0.15) is 18.0 Å². The van der Waals surface area contributed by atoms with Gasteiger partial charge in [-0.2, -0.15) is 0 Å². The van der Waals surface area contributed by atoms with E-state index >= 15 is 0 Å². The summed E-state index contributed by atoms with van der Waals surface area (Å²) in [4.78, 5) is 19.4. The zero-order chi connectivity index (χ0) is 16.1. The van der Waals surface area contributed by atoms with E-state index in [0.29, 0.717) is 11.9 Å². The normalized spacial score (nSPS) is 15.5. The van der Waals surface area contributed by atoms with Crippen molar-refractivity contribution >= 4 is 23.4 Å². The Morgan fingerprint density at radius 3 is 2.83 bits per heavy atom. The lowest BCUT2D eigenvalue weighted by atomic mass is 10.1.